The quantitative estimate of drug-likeness (QED) is 0.460. The SMILES string of the molecule is Cn1c(=O)n(Cc2ccccc2Cl)c(=O)c2c1nc1oc(-c3ccccc3)cn12. The first-order valence-corrected chi connectivity index (χ1v) is 9.32. The minimum atomic E-state index is -0.466. The highest BCUT2D eigenvalue weighted by Gasteiger charge is 2.20. The molecule has 0 amide bonds. The minimum absolute atomic E-state index is 0.0672. The van der Waals surface area contributed by atoms with Crippen molar-refractivity contribution in [2.24, 2.45) is 7.05 Å². The van der Waals surface area contributed by atoms with E-state index in [9.17, 15) is 9.59 Å². The van der Waals surface area contributed by atoms with Gasteiger partial charge in [0, 0.05) is 17.6 Å². The van der Waals surface area contributed by atoms with Crippen molar-refractivity contribution in [3.63, 3.8) is 0 Å². The monoisotopic (exact) mass is 406 g/mol. The fraction of sp³-hybridized carbons (Fsp3) is 0.0952. The highest BCUT2D eigenvalue weighted by atomic mass is 35.5. The fourth-order valence-corrected chi connectivity index (χ4v) is 3.62. The van der Waals surface area contributed by atoms with E-state index in [1.54, 1.807) is 35.8 Å². The van der Waals surface area contributed by atoms with Gasteiger partial charge >= 0.3 is 11.5 Å². The minimum Gasteiger partial charge on any atom is -0.423 e. The molecule has 5 rings (SSSR count). The van der Waals surface area contributed by atoms with Crippen LogP contribution in [0.5, 0.6) is 0 Å². The molecule has 8 heteroatoms. The normalized spacial score (nSPS) is 11.5. The van der Waals surface area contributed by atoms with Crippen molar-refractivity contribution in [2.75, 3.05) is 0 Å². The lowest BCUT2D eigenvalue weighted by Crippen LogP contribution is -2.39. The van der Waals surface area contributed by atoms with Crippen molar-refractivity contribution in [1.29, 1.82) is 0 Å². The fourth-order valence-electron chi connectivity index (χ4n) is 3.43. The van der Waals surface area contributed by atoms with Crippen LogP contribution in [0.3, 0.4) is 0 Å². The van der Waals surface area contributed by atoms with Gasteiger partial charge in [0.15, 0.2) is 16.9 Å². The topological polar surface area (TPSA) is 74.4 Å². The van der Waals surface area contributed by atoms with Gasteiger partial charge in [-0.15, -0.1) is 0 Å². The predicted molar refractivity (Wildman–Crippen MR) is 110 cm³/mol. The molecular weight excluding hydrogens is 392 g/mol. The van der Waals surface area contributed by atoms with Gasteiger partial charge in [0.1, 0.15) is 0 Å². The molecule has 29 heavy (non-hydrogen) atoms. The number of halogens is 1. The van der Waals surface area contributed by atoms with Gasteiger partial charge in [-0.1, -0.05) is 60.1 Å². The molecule has 0 atom stereocenters. The van der Waals surface area contributed by atoms with Crippen LogP contribution in [-0.2, 0) is 13.6 Å². The number of benzene rings is 2. The first-order chi connectivity index (χ1) is 14.0. The van der Waals surface area contributed by atoms with Gasteiger partial charge < -0.3 is 4.42 Å². The highest BCUT2D eigenvalue weighted by Crippen LogP contribution is 2.24. The predicted octanol–water partition coefficient (Wildman–Crippen LogP) is 3.31. The zero-order valence-electron chi connectivity index (χ0n) is 15.4. The van der Waals surface area contributed by atoms with E-state index < -0.39 is 11.2 Å². The molecule has 0 bridgehead atoms. The Bertz CT molecular complexity index is 1490. The first kappa shape index (κ1) is 17.5. The number of aryl methyl sites for hydroxylation is 1. The molecule has 5 aromatic rings. The van der Waals surface area contributed by atoms with E-state index in [1.807, 2.05) is 36.4 Å². The van der Waals surface area contributed by atoms with Crippen LogP contribution >= 0.6 is 11.6 Å². The van der Waals surface area contributed by atoms with E-state index >= 15 is 0 Å². The lowest BCUT2D eigenvalue weighted by Gasteiger charge is -2.09. The number of oxazole rings is 1. The van der Waals surface area contributed by atoms with Crippen LogP contribution in [0.25, 0.3) is 28.3 Å². The summed E-state index contributed by atoms with van der Waals surface area (Å²) in [4.78, 5) is 30.4. The number of rotatable bonds is 3. The molecule has 0 spiro atoms. The summed E-state index contributed by atoms with van der Waals surface area (Å²) in [5, 5.41) is 0.495. The average molecular weight is 407 g/mol. The molecule has 0 aliphatic rings. The van der Waals surface area contributed by atoms with Crippen molar-refractivity contribution in [1.82, 2.24) is 18.5 Å². The molecule has 0 radical (unpaired) electrons. The zero-order valence-corrected chi connectivity index (χ0v) is 16.1. The van der Waals surface area contributed by atoms with Crippen LogP contribution in [0.1, 0.15) is 5.56 Å². The lowest BCUT2D eigenvalue weighted by molar-refractivity contribution is 0.610. The summed E-state index contributed by atoms with van der Waals surface area (Å²) in [7, 11) is 1.58. The maximum absolute atomic E-state index is 13.2. The Kier molecular flexibility index (Phi) is 3.92. The van der Waals surface area contributed by atoms with Crippen molar-refractivity contribution in [3.05, 3.63) is 92.2 Å². The van der Waals surface area contributed by atoms with E-state index in [0.29, 0.717) is 16.3 Å². The van der Waals surface area contributed by atoms with Gasteiger partial charge in [-0.25, -0.2) is 4.79 Å². The van der Waals surface area contributed by atoms with Gasteiger partial charge in [-0.05, 0) is 11.6 Å². The second-order valence-electron chi connectivity index (χ2n) is 6.72. The summed E-state index contributed by atoms with van der Waals surface area (Å²) in [6.07, 6.45) is 1.71. The second kappa shape index (κ2) is 6.49. The molecular formula is C21H15ClN4O3. The van der Waals surface area contributed by atoms with E-state index in [4.69, 9.17) is 16.0 Å². The molecule has 0 unspecified atom stereocenters. The van der Waals surface area contributed by atoms with Gasteiger partial charge in [0.2, 0.25) is 0 Å². The molecule has 0 fully saturated rings. The summed E-state index contributed by atoms with van der Waals surface area (Å²) in [5.41, 5.74) is 1.19. The summed E-state index contributed by atoms with van der Waals surface area (Å²) < 4.78 is 9.92. The molecule has 7 nitrogen and oxygen atoms in total. The van der Waals surface area contributed by atoms with Gasteiger partial charge in [0.05, 0.1) is 12.7 Å². The van der Waals surface area contributed by atoms with Gasteiger partial charge in [0.25, 0.3) is 5.56 Å². The number of aromatic nitrogens is 4. The van der Waals surface area contributed by atoms with Crippen LogP contribution < -0.4 is 11.2 Å². The van der Waals surface area contributed by atoms with Crippen LogP contribution in [0, 0.1) is 0 Å². The number of hydrogen-bond donors (Lipinski definition) is 0. The molecule has 0 N–H and O–H groups in total. The smallest absolute Gasteiger partial charge is 0.332 e. The molecule has 144 valence electrons. The number of nitrogens with zero attached hydrogens (tertiary/aromatic N) is 4. The Morgan fingerprint density at radius 1 is 1.03 bits per heavy atom. The molecule has 0 saturated carbocycles. The van der Waals surface area contributed by atoms with E-state index in [0.717, 1.165) is 10.1 Å². The Morgan fingerprint density at radius 3 is 2.52 bits per heavy atom. The van der Waals surface area contributed by atoms with E-state index in [-0.39, 0.29) is 23.6 Å². The van der Waals surface area contributed by atoms with Crippen molar-refractivity contribution >= 4 is 28.6 Å². The molecule has 0 aliphatic heterocycles. The second-order valence-corrected chi connectivity index (χ2v) is 7.13. The van der Waals surface area contributed by atoms with Crippen LogP contribution in [0.2, 0.25) is 5.02 Å². The number of imidazole rings is 1. The summed E-state index contributed by atoms with van der Waals surface area (Å²) >= 11 is 6.23. The van der Waals surface area contributed by atoms with E-state index in [1.165, 1.54) is 4.57 Å². The Hall–Kier alpha value is -3.58. The summed E-state index contributed by atoms with van der Waals surface area (Å²) in [6.45, 7) is 0.0672. The standard InChI is InChI=1S/C21H15ClN4O3/c1-24-18-17(19(27)26(21(24)28)11-14-9-5-6-10-15(14)22)25-12-16(29-20(25)23-18)13-7-3-2-4-8-13/h2-10,12H,11H2,1H3. The third kappa shape index (κ3) is 2.70. The van der Waals surface area contributed by atoms with Gasteiger partial charge in [-0.3, -0.25) is 18.3 Å². The number of hydrogen-bond acceptors (Lipinski definition) is 4. The zero-order chi connectivity index (χ0) is 20.1. The summed E-state index contributed by atoms with van der Waals surface area (Å²) in [6, 6.07) is 16.7. The maximum Gasteiger partial charge on any atom is 0.332 e. The molecule has 2 aromatic carbocycles. The van der Waals surface area contributed by atoms with Crippen LogP contribution in [0.4, 0.5) is 0 Å². The Balaban J connectivity index is 1.76. The Morgan fingerprint density at radius 2 is 1.76 bits per heavy atom. The van der Waals surface area contributed by atoms with E-state index in [2.05, 4.69) is 4.98 Å². The highest BCUT2D eigenvalue weighted by molar-refractivity contribution is 6.31. The summed E-state index contributed by atoms with van der Waals surface area (Å²) in [5.74, 6) is 0.836. The third-order valence-electron chi connectivity index (χ3n) is 4.94. The maximum atomic E-state index is 13.2. The molecule has 3 heterocycles. The lowest BCUT2D eigenvalue weighted by atomic mass is 10.2. The molecule has 3 aromatic heterocycles. The van der Waals surface area contributed by atoms with Crippen LogP contribution in [-0.4, -0.2) is 18.5 Å². The Labute approximate surface area is 169 Å². The third-order valence-corrected chi connectivity index (χ3v) is 5.30. The first-order valence-electron chi connectivity index (χ1n) is 8.95. The van der Waals surface area contributed by atoms with Crippen molar-refractivity contribution in [2.45, 2.75) is 6.54 Å². The largest absolute Gasteiger partial charge is 0.423 e. The average Bonchev–Trinajstić information content (AvgIpc) is 3.30. The van der Waals surface area contributed by atoms with Gasteiger partial charge in [-0.2, -0.15) is 4.98 Å². The number of fused-ring (bicyclic) bond motifs is 3. The van der Waals surface area contributed by atoms with Crippen LogP contribution in [0.15, 0.2) is 74.8 Å². The molecule has 0 aliphatic carbocycles. The van der Waals surface area contributed by atoms with Crippen molar-refractivity contribution < 1.29 is 4.42 Å². The molecule has 0 saturated heterocycles. The van der Waals surface area contributed by atoms with Crippen molar-refractivity contribution in [3.8, 4) is 11.3 Å².